The van der Waals surface area contributed by atoms with Crippen molar-refractivity contribution in [2.24, 2.45) is 12.8 Å². The van der Waals surface area contributed by atoms with Crippen molar-refractivity contribution in [3.05, 3.63) is 41.7 Å². The third kappa shape index (κ3) is 2.96. The van der Waals surface area contributed by atoms with Crippen LogP contribution in [0.5, 0.6) is 0 Å². The average molecular weight is 269 g/mol. The Bertz CT molecular complexity index is 573. The average Bonchev–Trinajstić information content (AvgIpc) is 2.70. The monoisotopic (exact) mass is 269 g/mol. The maximum Gasteiger partial charge on any atom is 0.416 e. The van der Waals surface area contributed by atoms with Gasteiger partial charge >= 0.3 is 6.18 Å². The molecular formula is C13H14F3N3. The molecule has 3 nitrogen and oxygen atoms in total. The van der Waals surface area contributed by atoms with E-state index in [-0.39, 0.29) is 0 Å². The Morgan fingerprint density at radius 2 is 2.05 bits per heavy atom. The summed E-state index contributed by atoms with van der Waals surface area (Å²) in [5.41, 5.74) is 6.74. The van der Waals surface area contributed by atoms with Crippen LogP contribution in [0.4, 0.5) is 13.2 Å². The Labute approximate surface area is 108 Å². The minimum atomic E-state index is -4.34. The maximum absolute atomic E-state index is 12.7. The lowest BCUT2D eigenvalue weighted by molar-refractivity contribution is -0.137. The molecule has 0 radical (unpaired) electrons. The van der Waals surface area contributed by atoms with E-state index in [4.69, 9.17) is 5.73 Å². The van der Waals surface area contributed by atoms with Crippen molar-refractivity contribution in [1.82, 2.24) is 9.78 Å². The van der Waals surface area contributed by atoms with Crippen molar-refractivity contribution in [2.75, 3.05) is 6.54 Å². The Balaban J connectivity index is 2.47. The lowest BCUT2D eigenvalue weighted by Gasteiger charge is -2.08. The summed E-state index contributed by atoms with van der Waals surface area (Å²) in [6, 6.07) is 5.24. The van der Waals surface area contributed by atoms with Crippen LogP contribution in [-0.2, 0) is 19.6 Å². The summed E-state index contributed by atoms with van der Waals surface area (Å²) in [6.45, 7) is 0.406. The highest BCUT2D eigenvalue weighted by atomic mass is 19.4. The van der Waals surface area contributed by atoms with E-state index in [9.17, 15) is 13.2 Å². The number of rotatable bonds is 3. The highest BCUT2D eigenvalue weighted by molar-refractivity contribution is 5.66. The molecular weight excluding hydrogens is 255 g/mol. The second-order valence-corrected chi connectivity index (χ2v) is 4.28. The van der Waals surface area contributed by atoms with E-state index >= 15 is 0 Å². The van der Waals surface area contributed by atoms with Crippen molar-refractivity contribution < 1.29 is 13.2 Å². The summed E-state index contributed by atoms with van der Waals surface area (Å²) in [4.78, 5) is 0. The first-order valence-corrected chi connectivity index (χ1v) is 5.82. The first-order valence-electron chi connectivity index (χ1n) is 5.82. The number of nitrogens with zero attached hydrogens (tertiary/aromatic N) is 2. The van der Waals surface area contributed by atoms with Gasteiger partial charge < -0.3 is 5.73 Å². The predicted molar refractivity (Wildman–Crippen MR) is 66.4 cm³/mol. The van der Waals surface area contributed by atoms with Gasteiger partial charge in [-0.25, -0.2) is 0 Å². The molecule has 0 fully saturated rings. The second-order valence-electron chi connectivity index (χ2n) is 4.28. The van der Waals surface area contributed by atoms with Crippen molar-refractivity contribution in [3.8, 4) is 11.1 Å². The number of alkyl halides is 3. The van der Waals surface area contributed by atoms with Crippen LogP contribution < -0.4 is 5.73 Å². The van der Waals surface area contributed by atoms with Crippen LogP contribution in [0.3, 0.4) is 0 Å². The van der Waals surface area contributed by atoms with Crippen molar-refractivity contribution >= 4 is 0 Å². The zero-order chi connectivity index (χ0) is 14.0. The summed E-state index contributed by atoms with van der Waals surface area (Å²) in [6.07, 6.45) is -2.10. The van der Waals surface area contributed by atoms with E-state index in [0.29, 0.717) is 29.8 Å². The van der Waals surface area contributed by atoms with E-state index in [2.05, 4.69) is 5.10 Å². The standard InChI is InChI=1S/C13H14F3N3/c1-19-8-11(12(18-19)5-6-17)9-3-2-4-10(7-9)13(14,15)16/h2-4,7-8H,5-6,17H2,1H3. The molecule has 2 aromatic rings. The molecule has 0 unspecified atom stereocenters. The number of hydrogen-bond donors (Lipinski definition) is 1. The molecule has 6 heteroatoms. The minimum Gasteiger partial charge on any atom is -0.330 e. The molecule has 1 heterocycles. The quantitative estimate of drug-likeness (QED) is 0.930. The summed E-state index contributed by atoms with van der Waals surface area (Å²) < 4.78 is 39.7. The highest BCUT2D eigenvalue weighted by Gasteiger charge is 2.30. The summed E-state index contributed by atoms with van der Waals surface area (Å²) in [5, 5.41) is 4.22. The molecule has 0 bridgehead atoms. The number of nitrogens with two attached hydrogens (primary N) is 1. The van der Waals surface area contributed by atoms with Gasteiger partial charge in [0.2, 0.25) is 0 Å². The summed E-state index contributed by atoms with van der Waals surface area (Å²) >= 11 is 0. The SMILES string of the molecule is Cn1cc(-c2cccc(C(F)(F)F)c2)c(CCN)n1. The molecule has 102 valence electrons. The lowest BCUT2D eigenvalue weighted by atomic mass is 10.0. The fraction of sp³-hybridized carbons (Fsp3) is 0.308. The third-order valence-corrected chi connectivity index (χ3v) is 2.79. The zero-order valence-corrected chi connectivity index (χ0v) is 10.4. The van der Waals surface area contributed by atoms with Crippen LogP contribution in [-0.4, -0.2) is 16.3 Å². The number of benzene rings is 1. The topological polar surface area (TPSA) is 43.8 Å². The largest absolute Gasteiger partial charge is 0.416 e. The molecule has 2 rings (SSSR count). The molecule has 19 heavy (non-hydrogen) atoms. The van der Waals surface area contributed by atoms with Gasteiger partial charge in [0.1, 0.15) is 0 Å². The van der Waals surface area contributed by atoms with Gasteiger partial charge in [-0.05, 0) is 24.2 Å². The smallest absolute Gasteiger partial charge is 0.330 e. The molecule has 0 saturated carbocycles. The van der Waals surface area contributed by atoms with Gasteiger partial charge in [-0.2, -0.15) is 18.3 Å². The van der Waals surface area contributed by atoms with Gasteiger partial charge in [0.15, 0.2) is 0 Å². The molecule has 0 amide bonds. The fourth-order valence-corrected chi connectivity index (χ4v) is 1.96. The first-order chi connectivity index (χ1) is 8.91. The fourth-order valence-electron chi connectivity index (χ4n) is 1.96. The van der Waals surface area contributed by atoms with Crippen LogP contribution in [0.1, 0.15) is 11.3 Å². The van der Waals surface area contributed by atoms with E-state index in [1.165, 1.54) is 6.07 Å². The molecule has 0 saturated heterocycles. The molecule has 2 N–H and O–H groups in total. The second kappa shape index (κ2) is 5.05. The van der Waals surface area contributed by atoms with Crippen LogP contribution in [0.2, 0.25) is 0 Å². The van der Waals surface area contributed by atoms with E-state index < -0.39 is 11.7 Å². The predicted octanol–water partition coefficient (Wildman–Crippen LogP) is 2.61. The first kappa shape index (κ1) is 13.6. The number of halogens is 3. The maximum atomic E-state index is 12.7. The lowest BCUT2D eigenvalue weighted by Crippen LogP contribution is -2.06. The summed E-state index contributed by atoms with van der Waals surface area (Å²) in [5.74, 6) is 0. The van der Waals surface area contributed by atoms with Gasteiger partial charge in [-0.15, -0.1) is 0 Å². The van der Waals surface area contributed by atoms with Crippen LogP contribution in [0.15, 0.2) is 30.5 Å². The number of aryl methyl sites for hydroxylation is 1. The molecule has 0 aliphatic heterocycles. The number of hydrogen-bond acceptors (Lipinski definition) is 2. The summed E-state index contributed by atoms with van der Waals surface area (Å²) in [7, 11) is 1.73. The van der Waals surface area contributed by atoms with Gasteiger partial charge in [-0.3, -0.25) is 4.68 Å². The normalized spacial score (nSPS) is 11.8. The molecule has 0 atom stereocenters. The Hall–Kier alpha value is -1.82. The van der Waals surface area contributed by atoms with Crippen molar-refractivity contribution in [3.63, 3.8) is 0 Å². The van der Waals surface area contributed by atoms with Gasteiger partial charge in [-0.1, -0.05) is 12.1 Å². The van der Waals surface area contributed by atoms with E-state index in [1.807, 2.05) is 0 Å². The van der Waals surface area contributed by atoms with Crippen LogP contribution in [0, 0.1) is 0 Å². The molecule has 1 aromatic heterocycles. The van der Waals surface area contributed by atoms with Crippen molar-refractivity contribution in [2.45, 2.75) is 12.6 Å². The van der Waals surface area contributed by atoms with Gasteiger partial charge in [0, 0.05) is 25.2 Å². The van der Waals surface area contributed by atoms with E-state index in [1.54, 1.807) is 24.0 Å². The van der Waals surface area contributed by atoms with Gasteiger partial charge in [0.25, 0.3) is 0 Å². The molecule has 0 spiro atoms. The van der Waals surface area contributed by atoms with Crippen molar-refractivity contribution in [1.29, 1.82) is 0 Å². The highest BCUT2D eigenvalue weighted by Crippen LogP contribution is 2.32. The molecule has 0 aliphatic carbocycles. The molecule has 0 aliphatic rings. The van der Waals surface area contributed by atoms with Crippen LogP contribution in [0.25, 0.3) is 11.1 Å². The Morgan fingerprint density at radius 1 is 1.32 bits per heavy atom. The van der Waals surface area contributed by atoms with E-state index in [0.717, 1.165) is 12.1 Å². The number of aromatic nitrogens is 2. The zero-order valence-electron chi connectivity index (χ0n) is 10.4. The Kier molecular flexibility index (Phi) is 3.61. The van der Waals surface area contributed by atoms with Gasteiger partial charge in [0.05, 0.1) is 11.3 Å². The van der Waals surface area contributed by atoms with Crippen LogP contribution >= 0.6 is 0 Å². The molecule has 1 aromatic carbocycles. The minimum absolute atomic E-state index is 0.406. The Morgan fingerprint density at radius 3 is 2.68 bits per heavy atom. The third-order valence-electron chi connectivity index (χ3n) is 2.79.